The lowest BCUT2D eigenvalue weighted by molar-refractivity contribution is -0.117. The molecule has 0 bridgehead atoms. The van der Waals surface area contributed by atoms with E-state index in [0.29, 0.717) is 12.1 Å². The third-order valence-electron chi connectivity index (χ3n) is 3.30. The lowest BCUT2D eigenvalue weighted by Crippen LogP contribution is -2.36. The Hall–Kier alpha value is -2.17. The van der Waals surface area contributed by atoms with Crippen LogP contribution < -0.4 is 11.1 Å². The molecule has 0 aliphatic carbocycles. The molecule has 4 nitrogen and oxygen atoms in total. The summed E-state index contributed by atoms with van der Waals surface area (Å²) in [6, 6.07) is 16.5. The summed E-state index contributed by atoms with van der Waals surface area (Å²) in [7, 11) is 0. The second kappa shape index (κ2) is 7.57. The summed E-state index contributed by atoms with van der Waals surface area (Å²) in [5, 5.41) is 11.9. The van der Waals surface area contributed by atoms with Crippen molar-refractivity contribution < 1.29 is 9.90 Å². The van der Waals surface area contributed by atoms with Crippen LogP contribution >= 0.6 is 0 Å². The second-order valence-electron chi connectivity index (χ2n) is 4.98. The van der Waals surface area contributed by atoms with E-state index in [0.717, 1.165) is 12.0 Å². The third kappa shape index (κ3) is 4.70. The number of aliphatic hydroxyl groups excluding tert-OH is 1. The Morgan fingerprint density at radius 2 is 1.81 bits per heavy atom. The maximum Gasteiger partial charge on any atom is 0.241 e. The summed E-state index contributed by atoms with van der Waals surface area (Å²) < 4.78 is 0. The average Bonchev–Trinajstić information content (AvgIpc) is 2.53. The highest BCUT2D eigenvalue weighted by atomic mass is 16.3. The summed E-state index contributed by atoms with van der Waals surface area (Å²) in [6.07, 6.45) is 1.36. The van der Waals surface area contributed by atoms with Gasteiger partial charge in [-0.3, -0.25) is 4.79 Å². The fourth-order valence-electron chi connectivity index (χ4n) is 2.08. The molecule has 0 saturated heterocycles. The second-order valence-corrected chi connectivity index (χ2v) is 4.98. The first-order valence-corrected chi connectivity index (χ1v) is 6.99. The molecule has 4 heteroatoms. The van der Waals surface area contributed by atoms with Crippen molar-refractivity contribution >= 4 is 11.6 Å². The van der Waals surface area contributed by atoms with Crippen molar-refractivity contribution in [2.24, 2.45) is 5.73 Å². The van der Waals surface area contributed by atoms with Crippen molar-refractivity contribution in [2.45, 2.75) is 25.5 Å². The Morgan fingerprint density at radius 1 is 1.10 bits per heavy atom. The van der Waals surface area contributed by atoms with Gasteiger partial charge in [0.05, 0.1) is 12.6 Å². The zero-order valence-electron chi connectivity index (χ0n) is 11.8. The fraction of sp³-hybridized carbons (Fsp3) is 0.235. The molecule has 0 spiro atoms. The number of nitrogens with one attached hydrogen (secondary N) is 1. The normalized spacial score (nSPS) is 11.9. The molecule has 0 aliphatic rings. The van der Waals surface area contributed by atoms with Crippen LogP contribution in [-0.2, 0) is 17.8 Å². The van der Waals surface area contributed by atoms with Crippen LogP contribution in [0.1, 0.15) is 17.5 Å². The maximum atomic E-state index is 12.0. The van der Waals surface area contributed by atoms with E-state index in [2.05, 4.69) is 5.32 Å². The SMILES string of the molecule is NC(CCc1ccccc1)C(=O)Nc1cccc(CO)c1. The van der Waals surface area contributed by atoms with Crippen LogP contribution in [0.3, 0.4) is 0 Å². The van der Waals surface area contributed by atoms with E-state index in [4.69, 9.17) is 10.8 Å². The predicted octanol–water partition coefficient (Wildman–Crippen LogP) is 2.08. The number of aliphatic hydroxyl groups is 1. The van der Waals surface area contributed by atoms with Gasteiger partial charge < -0.3 is 16.2 Å². The van der Waals surface area contributed by atoms with E-state index >= 15 is 0 Å². The topological polar surface area (TPSA) is 75.4 Å². The Labute approximate surface area is 124 Å². The zero-order chi connectivity index (χ0) is 15.1. The Bertz CT molecular complexity index is 584. The van der Waals surface area contributed by atoms with Crippen molar-refractivity contribution in [1.29, 1.82) is 0 Å². The fourth-order valence-corrected chi connectivity index (χ4v) is 2.08. The molecule has 2 aromatic rings. The number of hydrogen-bond acceptors (Lipinski definition) is 3. The Kier molecular flexibility index (Phi) is 5.49. The lowest BCUT2D eigenvalue weighted by Gasteiger charge is -2.12. The number of aryl methyl sites for hydroxylation is 1. The van der Waals surface area contributed by atoms with E-state index in [1.807, 2.05) is 30.3 Å². The summed E-state index contributed by atoms with van der Waals surface area (Å²) >= 11 is 0. The summed E-state index contributed by atoms with van der Waals surface area (Å²) in [4.78, 5) is 12.0. The first-order valence-electron chi connectivity index (χ1n) is 6.99. The minimum absolute atomic E-state index is 0.0518. The van der Waals surface area contributed by atoms with Gasteiger partial charge in [-0.2, -0.15) is 0 Å². The van der Waals surface area contributed by atoms with Gasteiger partial charge in [-0.15, -0.1) is 0 Å². The first-order chi connectivity index (χ1) is 10.2. The van der Waals surface area contributed by atoms with Crippen LogP contribution in [-0.4, -0.2) is 17.1 Å². The molecule has 0 aliphatic heterocycles. The van der Waals surface area contributed by atoms with E-state index in [1.165, 1.54) is 5.56 Å². The van der Waals surface area contributed by atoms with Crippen LogP contribution in [0.25, 0.3) is 0 Å². The maximum absolute atomic E-state index is 12.0. The summed E-state index contributed by atoms with van der Waals surface area (Å²) in [5.41, 5.74) is 8.50. The highest BCUT2D eigenvalue weighted by Crippen LogP contribution is 2.12. The van der Waals surface area contributed by atoms with Gasteiger partial charge in [0.15, 0.2) is 0 Å². The zero-order valence-corrected chi connectivity index (χ0v) is 11.8. The largest absolute Gasteiger partial charge is 0.392 e. The van der Waals surface area contributed by atoms with Crippen LogP contribution in [0.2, 0.25) is 0 Å². The molecule has 2 rings (SSSR count). The quantitative estimate of drug-likeness (QED) is 0.760. The molecule has 0 heterocycles. The van der Waals surface area contributed by atoms with Crippen LogP contribution in [0.4, 0.5) is 5.69 Å². The average molecular weight is 284 g/mol. The molecule has 21 heavy (non-hydrogen) atoms. The van der Waals surface area contributed by atoms with Gasteiger partial charge >= 0.3 is 0 Å². The van der Waals surface area contributed by atoms with Gasteiger partial charge in [0.25, 0.3) is 0 Å². The molecule has 0 aromatic heterocycles. The van der Waals surface area contributed by atoms with E-state index in [-0.39, 0.29) is 12.5 Å². The minimum atomic E-state index is -0.553. The van der Waals surface area contributed by atoms with Gasteiger partial charge in [0, 0.05) is 5.69 Å². The molecule has 2 aromatic carbocycles. The smallest absolute Gasteiger partial charge is 0.241 e. The molecule has 1 unspecified atom stereocenters. The molecule has 0 radical (unpaired) electrons. The Morgan fingerprint density at radius 3 is 2.52 bits per heavy atom. The van der Waals surface area contributed by atoms with Crippen molar-refractivity contribution in [3.8, 4) is 0 Å². The van der Waals surface area contributed by atoms with Crippen molar-refractivity contribution in [1.82, 2.24) is 0 Å². The number of rotatable bonds is 6. The molecular formula is C17H20N2O2. The molecule has 4 N–H and O–H groups in total. The number of anilines is 1. The predicted molar refractivity (Wildman–Crippen MR) is 83.7 cm³/mol. The number of amides is 1. The van der Waals surface area contributed by atoms with Crippen LogP contribution in [0, 0.1) is 0 Å². The van der Waals surface area contributed by atoms with Crippen molar-refractivity contribution in [3.63, 3.8) is 0 Å². The van der Waals surface area contributed by atoms with Gasteiger partial charge in [-0.25, -0.2) is 0 Å². The van der Waals surface area contributed by atoms with Crippen LogP contribution in [0.5, 0.6) is 0 Å². The van der Waals surface area contributed by atoms with Gasteiger partial charge in [0.2, 0.25) is 5.91 Å². The molecule has 0 fully saturated rings. The number of carbonyl (C=O) groups excluding carboxylic acids is 1. The van der Waals surface area contributed by atoms with Gasteiger partial charge in [-0.05, 0) is 36.1 Å². The summed E-state index contributed by atoms with van der Waals surface area (Å²) in [5.74, 6) is -0.207. The molecule has 1 atom stereocenters. The monoisotopic (exact) mass is 284 g/mol. The van der Waals surface area contributed by atoms with E-state index < -0.39 is 6.04 Å². The third-order valence-corrected chi connectivity index (χ3v) is 3.30. The molecular weight excluding hydrogens is 264 g/mol. The number of hydrogen-bond donors (Lipinski definition) is 3. The first kappa shape index (κ1) is 15.2. The standard InChI is InChI=1S/C17H20N2O2/c18-16(10-9-13-5-2-1-3-6-13)17(21)19-15-8-4-7-14(11-15)12-20/h1-8,11,16,20H,9-10,12,18H2,(H,19,21). The molecule has 0 saturated carbocycles. The highest BCUT2D eigenvalue weighted by Gasteiger charge is 2.13. The van der Waals surface area contributed by atoms with Crippen LogP contribution in [0.15, 0.2) is 54.6 Å². The van der Waals surface area contributed by atoms with E-state index in [9.17, 15) is 4.79 Å². The Balaban J connectivity index is 1.87. The van der Waals surface area contributed by atoms with E-state index in [1.54, 1.807) is 24.3 Å². The lowest BCUT2D eigenvalue weighted by atomic mass is 10.1. The number of carbonyl (C=O) groups is 1. The number of benzene rings is 2. The number of nitrogens with two attached hydrogens (primary N) is 1. The van der Waals surface area contributed by atoms with Gasteiger partial charge in [-0.1, -0.05) is 42.5 Å². The van der Waals surface area contributed by atoms with Crippen molar-refractivity contribution in [3.05, 3.63) is 65.7 Å². The minimum Gasteiger partial charge on any atom is -0.392 e. The highest BCUT2D eigenvalue weighted by molar-refractivity contribution is 5.94. The summed E-state index contributed by atoms with van der Waals surface area (Å²) in [6.45, 7) is -0.0518. The molecule has 110 valence electrons. The van der Waals surface area contributed by atoms with Crippen molar-refractivity contribution in [2.75, 3.05) is 5.32 Å². The van der Waals surface area contributed by atoms with Gasteiger partial charge in [0.1, 0.15) is 0 Å². The molecule has 1 amide bonds.